The Balaban J connectivity index is 1.71. The van der Waals surface area contributed by atoms with Crippen molar-refractivity contribution in [3.8, 4) is 5.75 Å². The van der Waals surface area contributed by atoms with Crippen molar-refractivity contribution < 1.29 is 9.53 Å². The van der Waals surface area contributed by atoms with Crippen LogP contribution >= 0.6 is 11.6 Å². The lowest BCUT2D eigenvalue weighted by atomic mass is 9.65. The SMILES string of the molecule is CC1(C)C[C@@](C)(c2ccc(Cl)cc2)c2ccccc2N1C(=O)COc1ccccc1. The second-order valence-corrected chi connectivity index (χ2v) is 9.11. The lowest BCUT2D eigenvalue weighted by molar-refractivity contribution is -0.121. The molecule has 0 unspecified atom stereocenters. The summed E-state index contributed by atoms with van der Waals surface area (Å²) < 4.78 is 5.77. The third-order valence-corrected chi connectivity index (χ3v) is 6.22. The van der Waals surface area contributed by atoms with Crippen molar-refractivity contribution in [3.05, 3.63) is 95.0 Å². The molecule has 1 heterocycles. The molecule has 1 aliphatic rings. The summed E-state index contributed by atoms with van der Waals surface area (Å²) >= 11 is 6.14. The van der Waals surface area contributed by atoms with Gasteiger partial charge >= 0.3 is 0 Å². The van der Waals surface area contributed by atoms with Gasteiger partial charge in [-0.25, -0.2) is 0 Å². The van der Waals surface area contributed by atoms with Gasteiger partial charge in [0.25, 0.3) is 5.91 Å². The molecule has 0 aliphatic carbocycles. The van der Waals surface area contributed by atoms with Gasteiger partial charge in [0.1, 0.15) is 5.75 Å². The zero-order valence-corrected chi connectivity index (χ0v) is 18.3. The van der Waals surface area contributed by atoms with Gasteiger partial charge in [0.05, 0.1) is 0 Å². The van der Waals surface area contributed by atoms with E-state index in [4.69, 9.17) is 16.3 Å². The van der Waals surface area contributed by atoms with Gasteiger partial charge in [-0.3, -0.25) is 4.79 Å². The molecule has 0 saturated carbocycles. The molecule has 0 radical (unpaired) electrons. The fraction of sp³-hybridized carbons (Fsp3) is 0.269. The average molecular weight is 420 g/mol. The molecule has 0 spiro atoms. The number of ether oxygens (including phenoxy) is 1. The van der Waals surface area contributed by atoms with Crippen LogP contribution in [0.2, 0.25) is 5.02 Å². The number of hydrogen-bond acceptors (Lipinski definition) is 2. The van der Waals surface area contributed by atoms with E-state index in [0.29, 0.717) is 5.75 Å². The Labute approximate surface area is 183 Å². The second kappa shape index (κ2) is 7.81. The highest BCUT2D eigenvalue weighted by atomic mass is 35.5. The van der Waals surface area contributed by atoms with Crippen molar-refractivity contribution in [2.75, 3.05) is 11.5 Å². The Hall–Kier alpha value is -2.78. The number of fused-ring (bicyclic) bond motifs is 1. The Bertz CT molecular complexity index is 1050. The highest BCUT2D eigenvalue weighted by molar-refractivity contribution is 6.30. The molecule has 3 nitrogen and oxygen atoms in total. The Morgan fingerprint density at radius 2 is 1.57 bits per heavy atom. The lowest BCUT2D eigenvalue weighted by Crippen LogP contribution is -2.57. The fourth-order valence-electron chi connectivity index (χ4n) is 4.77. The quantitative estimate of drug-likeness (QED) is 0.500. The van der Waals surface area contributed by atoms with Gasteiger partial charge < -0.3 is 9.64 Å². The molecule has 0 aromatic heterocycles. The number of hydrogen-bond donors (Lipinski definition) is 0. The molecule has 3 aromatic rings. The number of anilines is 1. The minimum Gasteiger partial charge on any atom is -0.484 e. The molecule has 4 rings (SSSR count). The van der Waals surface area contributed by atoms with Crippen molar-refractivity contribution in [2.24, 2.45) is 0 Å². The molecule has 154 valence electrons. The minimum atomic E-state index is -0.389. The predicted molar refractivity (Wildman–Crippen MR) is 122 cm³/mol. The summed E-state index contributed by atoms with van der Waals surface area (Å²) in [7, 11) is 0. The number of rotatable bonds is 4. The first-order chi connectivity index (χ1) is 14.3. The Morgan fingerprint density at radius 3 is 2.27 bits per heavy atom. The van der Waals surface area contributed by atoms with Crippen LogP contribution < -0.4 is 9.64 Å². The maximum Gasteiger partial charge on any atom is 0.265 e. The van der Waals surface area contributed by atoms with Gasteiger partial charge in [-0.15, -0.1) is 0 Å². The maximum atomic E-state index is 13.3. The maximum absolute atomic E-state index is 13.3. The number of amides is 1. The molecular weight excluding hydrogens is 394 g/mol. The Morgan fingerprint density at radius 1 is 0.933 bits per heavy atom. The van der Waals surface area contributed by atoms with E-state index >= 15 is 0 Å². The van der Waals surface area contributed by atoms with E-state index in [0.717, 1.165) is 22.7 Å². The molecule has 3 aromatic carbocycles. The van der Waals surface area contributed by atoms with Crippen molar-refractivity contribution >= 4 is 23.2 Å². The van der Waals surface area contributed by atoms with Crippen LogP contribution in [0, 0.1) is 0 Å². The van der Waals surface area contributed by atoms with Crippen LogP contribution in [0.4, 0.5) is 5.69 Å². The first kappa shape index (κ1) is 20.5. The van der Waals surface area contributed by atoms with Crippen molar-refractivity contribution in [2.45, 2.75) is 38.1 Å². The van der Waals surface area contributed by atoms with E-state index in [9.17, 15) is 4.79 Å². The summed E-state index contributed by atoms with van der Waals surface area (Å²) in [6.45, 7) is 6.49. The summed E-state index contributed by atoms with van der Waals surface area (Å²) in [4.78, 5) is 15.2. The standard InChI is InChI=1S/C26H26ClNO2/c1-25(2)18-26(3,19-13-15-20(27)16-14-19)22-11-7-8-12-23(22)28(25)24(29)17-30-21-9-5-4-6-10-21/h4-16H,17-18H2,1-3H3/t26-/m0/s1. The largest absolute Gasteiger partial charge is 0.484 e. The fourth-order valence-corrected chi connectivity index (χ4v) is 4.90. The predicted octanol–water partition coefficient (Wildman–Crippen LogP) is 6.24. The summed E-state index contributed by atoms with van der Waals surface area (Å²) in [6.07, 6.45) is 0.787. The first-order valence-electron chi connectivity index (χ1n) is 10.2. The highest BCUT2D eigenvalue weighted by Gasteiger charge is 2.47. The van der Waals surface area contributed by atoms with Crippen LogP contribution in [0.25, 0.3) is 0 Å². The normalized spacial score (nSPS) is 19.8. The first-order valence-corrected chi connectivity index (χ1v) is 10.6. The van der Waals surface area contributed by atoms with E-state index in [1.807, 2.05) is 65.6 Å². The summed E-state index contributed by atoms with van der Waals surface area (Å²) in [5.74, 6) is 0.648. The van der Waals surface area contributed by atoms with E-state index in [1.54, 1.807) is 0 Å². The molecule has 1 amide bonds. The average Bonchev–Trinajstić information content (AvgIpc) is 2.73. The number of carbonyl (C=O) groups excluding carboxylic acids is 1. The van der Waals surface area contributed by atoms with Gasteiger partial charge in [0, 0.05) is 21.7 Å². The second-order valence-electron chi connectivity index (χ2n) is 8.68. The smallest absolute Gasteiger partial charge is 0.265 e. The molecule has 4 heteroatoms. The van der Waals surface area contributed by atoms with Gasteiger partial charge in [-0.1, -0.05) is 67.1 Å². The van der Waals surface area contributed by atoms with Crippen molar-refractivity contribution in [1.82, 2.24) is 0 Å². The zero-order chi connectivity index (χ0) is 21.4. The summed E-state index contributed by atoms with van der Waals surface area (Å²) in [5.41, 5.74) is 2.65. The molecular formula is C26H26ClNO2. The van der Waals surface area contributed by atoms with E-state index in [-0.39, 0.29) is 23.5 Å². The van der Waals surface area contributed by atoms with Crippen LogP contribution in [-0.2, 0) is 10.2 Å². The van der Waals surface area contributed by atoms with Crippen LogP contribution in [0.1, 0.15) is 38.3 Å². The van der Waals surface area contributed by atoms with E-state index in [1.165, 1.54) is 5.56 Å². The third kappa shape index (κ3) is 3.70. The van der Waals surface area contributed by atoms with Crippen LogP contribution in [0.3, 0.4) is 0 Å². The Kier molecular flexibility index (Phi) is 5.33. The highest BCUT2D eigenvalue weighted by Crippen LogP contribution is 2.50. The molecule has 0 N–H and O–H groups in total. The zero-order valence-electron chi connectivity index (χ0n) is 17.6. The third-order valence-electron chi connectivity index (χ3n) is 5.97. The monoisotopic (exact) mass is 419 g/mol. The summed E-state index contributed by atoms with van der Waals surface area (Å²) in [5, 5.41) is 0.723. The van der Waals surface area contributed by atoms with E-state index < -0.39 is 0 Å². The molecule has 0 bridgehead atoms. The minimum absolute atomic E-state index is 0.000559. The molecule has 0 fully saturated rings. The van der Waals surface area contributed by atoms with E-state index in [2.05, 4.69) is 39.0 Å². The number of carbonyl (C=O) groups is 1. The number of benzene rings is 3. The van der Waals surface area contributed by atoms with Crippen LogP contribution in [0.15, 0.2) is 78.9 Å². The van der Waals surface area contributed by atoms with Crippen LogP contribution in [-0.4, -0.2) is 18.1 Å². The number of para-hydroxylation sites is 2. The van der Waals surface area contributed by atoms with Crippen molar-refractivity contribution in [1.29, 1.82) is 0 Å². The molecule has 30 heavy (non-hydrogen) atoms. The molecule has 0 saturated heterocycles. The molecule has 1 aliphatic heterocycles. The number of nitrogens with zero attached hydrogens (tertiary/aromatic N) is 1. The summed E-state index contributed by atoms with van der Waals surface area (Å²) in [6, 6.07) is 25.7. The van der Waals surface area contributed by atoms with Gasteiger partial charge in [0.2, 0.25) is 0 Å². The topological polar surface area (TPSA) is 29.5 Å². The van der Waals surface area contributed by atoms with Gasteiger partial charge in [-0.05, 0) is 61.7 Å². The lowest BCUT2D eigenvalue weighted by Gasteiger charge is -2.51. The van der Waals surface area contributed by atoms with Crippen LogP contribution in [0.5, 0.6) is 5.75 Å². The number of halogens is 1. The van der Waals surface area contributed by atoms with Crippen molar-refractivity contribution in [3.63, 3.8) is 0 Å². The van der Waals surface area contributed by atoms with Gasteiger partial charge in [0.15, 0.2) is 6.61 Å². The molecule has 1 atom stereocenters. The van der Waals surface area contributed by atoms with Gasteiger partial charge in [-0.2, -0.15) is 0 Å².